The predicted octanol–water partition coefficient (Wildman–Crippen LogP) is 2.75. The molecule has 0 aromatic carbocycles. The Morgan fingerprint density at radius 1 is 1.62 bits per heavy atom. The van der Waals surface area contributed by atoms with Gasteiger partial charge in [0, 0.05) is 0 Å². The summed E-state index contributed by atoms with van der Waals surface area (Å²) >= 11 is 0. The standard InChI is InChI=1S/C8H14/c1-3-8-6-4-5-7(8)2/h3,7H,4-6H2,1-2H3/t7-/m1/s1. The zero-order chi connectivity index (χ0) is 5.98. The van der Waals surface area contributed by atoms with Gasteiger partial charge in [-0.2, -0.15) is 0 Å². The van der Waals surface area contributed by atoms with Crippen LogP contribution < -0.4 is 0 Å². The topological polar surface area (TPSA) is 0 Å². The fourth-order valence-electron chi connectivity index (χ4n) is 1.47. The van der Waals surface area contributed by atoms with Gasteiger partial charge in [0.2, 0.25) is 0 Å². The Morgan fingerprint density at radius 2 is 2.38 bits per heavy atom. The maximum atomic E-state index is 2.32. The van der Waals surface area contributed by atoms with Crippen molar-refractivity contribution in [1.29, 1.82) is 0 Å². The number of hydrogen-bond acceptors (Lipinski definition) is 0. The summed E-state index contributed by atoms with van der Waals surface area (Å²) in [6, 6.07) is 0. The highest BCUT2D eigenvalue weighted by Crippen LogP contribution is 2.29. The van der Waals surface area contributed by atoms with Gasteiger partial charge in [0.25, 0.3) is 0 Å². The third-order valence-electron chi connectivity index (χ3n) is 2.11. The number of rotatable bonds is 0. The second kappa shape index (κ2) is 2.34. The van der Waals surface area contributed by atoms with Gasteiger partial charge in [-0.25, -0.2) is 0 Å². The first-order valence-electron chi connectivity index (χ1n) is 3.49. The van der Waals surface area contributed by atoms with E-state index in [9.17, 15) is 0 Å². The van der Waals surface area contributed by atoms with Crippen LogP contribution in [0.4, 0.5) is 0 Å². The van der Waals surface area contributed by atoms with Crippen molar-refractivity contribution >= 4 is 0 Å². The van der Waals surface area contributed by atoms with Gasteiger partial charge < -0.3 is 0 Å². The third kappa shape index (κ3) is 0.936. The van der Waals surface area contributed by atoms with Gasteiger partial charge in [-0.3, -0.25) is 0 Å². The molecule has 1 rings (SSSR count). The minimum absolute atomic E-state index is 0.889. The van der Waals surface area contributed by atoms with E-state index in [1.54, 1.807) is 5.57 Å². The second-order valence-electron chi connectivity index (χ2n) is 2.66. The average Bonchev–Trinajstić information content (AvgIpc) is 2.14. The van der Waals surface area contributed by atoms with E-state index in [0.717, 1.165) is 5.92 Å². The Hall–Kier alpha value is -0.260. The number of allylic oxidation sites excluding steroid dienone is 2. The highest BCUT2D eigenvalue weighted by atomic mass is 14.2. The van der Waals surface area contributed by atoms with Crippen LogP contribution in [0, 0.1) is 5.92 Å². The third-order valence-corrected chi connectivity index (χ3v) is 2.11. The lowest BCUT2D eigenvalue weighted by atomic mass is 10.1. The van der Waals surface area contributed by atoms with E-state index in [0.29, 0.717) is 0 Å². The molecule has 46 valence electrons. The molecular weight excluding hydrogens is 96.1 g/mol. The molecule has 1 fully saturated rings. The van der Waals surface area contributed by atoms with Crippen LogP contribution in [0.2, 0.25) is 0 Å². The molecule has 0 heteroatoms. The van der Waals surface area contributed by atoms with Crippen LogP contribution >= 0.6 is 0 Å². The lowest BCUT2D eigenvalue weighted by Gasteiger charge is -2.00. The molecule has 0 heterocycles. The normalized spacial score (nSPS) is 34.2. The Balaban J connectivity index is 2.55. The first kappa shape index (κ1) is 5.87. The van der Waals surface area contributed by atoms with Gasteiger partial charge in [0.15, 0.2) is 0 Å². The van der Waals surface area contributed by atoms with Crippen molar-refractivity contribution in [2.24, 2.45) is 5.92 Å². The van der Waals surface area contributed by atoms with Gasteiger partial charge in [0.05, 0.1) is 0 Å². The largest absolute Gasteiger partial charge is 0.0882 e. The lowest BCUT2D eigenvalue weighted by Crippen LogP contribution is -1.85. The van der Waals surface area contributed by atoms with E-state index in [1.165, 1.54) is 19.3 Å². The van der Waals surface area contributed by atoms with Gasteiger partial charge in [-0.15, -0.1) is 0 Å². The molecule has 0 aromatic rings. The van der Waals surface area contributed by atoms with Gasteiger partial charge >= 0.3 is 0 Å². The smallest absolute Gasteiger partial charge is 0.0232 e. The Bertz CT molecular complexity index is 101. The zero-order valence-corrected chi connectivity index (χ0v) is 5.78. The predicted molar refractivity (Wildman–Crippen MR) is 36.8 cm³/mol. The van der Waals surface area contributed by atoms with Crippen LogP contribution in [-0.4, -0.2) is 0 Å². The lowest BCUT2D eigenvalue weighted by molar-refractivity contribution is 0.695. The van der Waals surface area contributed by atoms with E-state index in [1.807, 2.05) is 0 Å². The van der Waals surface area contributed by atoms with Gasteiger partial charge in [-0.1, -0.05) is 18.6 Å². The molecule has 1 saturated carbocycles. The van der Waals surface area contributed by atoms with Crippen molar-refractivity contribution in [3.05, 3.63) is 11.6 Å². The SMILES string of the molecule is CC=C1CCC[C@H]1C. The van der Waals surface area contributed by atoms with Crippen molar-refractivity contribution in [3.63, 3.8) is 0 Å². The molecule has 0 spiro atoms. The Kier molecular flexibility index (Phi) is 1.72. The second-order valence-corrected chi connectivity index (χ2v) is 2.66. The fraction of sp³-hybridized carbons (Fsp3) is 0.750. The molecule has 1 atom stereocenters. The summed E-state index contributed by atoms with van der Waals surface area (Å²) in [6.45, 7) is 4.47. The molecule has 8 heavy (non-hydrogen) atoms. The first-order chi connectivity index (χ1) is 3.84. The van der Waals surface area contributed by atoms with Crippen molar-refractivity contribution in [3.8, 4) is 0 Å². The van der Waals surface area contributed by atoms with Crippen LogP contribution in [0.1, 0.15) is 33.1 Å². The summed E-state index contributed by atoms with van der Waals surface area (Å²) in [5.74, 6) is 0.889. The molecule has 1 aliphatic rings. The summed E-state index contributed by atoms with van der Waals surface area (Å²) in [7, 11) is 0. The van der Waals surface area contributed by atoms with E-state index in [-0.39, 0.29) is 0 Å². The molecule has 0 aliphatic heterocycles. The quantitative estimate of drug-likeness (QED) is 0.420. The van der Waals surface area contributed by atoms with E-state index < -0.39 is 0 Å². The molecule has 0 nitrogen and oxygen atoms in total. The van der Waals surface area contributed by atoms with Crippen LogP contribution in [0.5, 0.6) is 0 Å². The molecule has 0 bridgehead atoms. The summed E-state index contributed by atoms with van der Waals surface area (Å²) in [4.78, 5) is 0. The van der Waals surface area contributed by atoms with Crippen LogP contribution in [0.25, 0.3) is 0 Å². The molecule has 0 N–H and O–H groups in total. The molecular formula is C8H14. The molecule has 1 aliphatic carbocycles. The highest BCUT2D eigenvalue weighted by molar-refractivity contribution is 5.08. The minimum atomic E-state index is 0.889. The van der Waals surface area contributed by atoms with Crippen LogP contribution in [-0.2, 0) is 0 Å². The first-order valence-corrected chi connectivity index (χ1v) is 3.49. The molecule has 0 aromatic heterocycles. The summed E-state index contributed by atoms with van der Waals surface area (Å²) < 4.78 is 0. The number of hydrogen-bond donors (Lipinski definition) is 0. The maximum Gasteiger partial charge on any atom is -0.0232 e. The molecule has 0 radical (unpaired) electrons. The van der Waals surface area contributed by atoms with Crippen LogP contribution in [0.3, 0.4) is 0 Å². The average molecular weight is 110 g/mol. The summed E-state index contributed by atoms with van der Waals surface area (Å²) in [5.41, 5.74) is 1.67. The van der Waals surface area contributed by atoms with E-state index >= 15 is 0 Å². The van der Waals surface area contributed by atoms with Gasteiger partial charge in [0.1, 0.15) is 0 Å². The minimum Gasteiger partial charge on any atom is -0.0882 e. The van der Waals surface area contributed by atoms with Gasteiger partial charge in [-0.05, 0) is 32.1 Å². The Morgan fingerprint density at radius 3 is 2.62 bits per heavy atom. The summed E-state index contributed by atoms with van der Waals surface area (Å²) in [6.07, 6.45) is 6.47. The highest BCUT2D eigenvalue weighted by Gasteiger charge is 2.13. The monoisotopic (exact) mass is 110 g/mol. The Labute approximate surface area is 51.6 Å². The molecule has 0 amide bonds. The van der Waals surface area contributed by atoms with Crippen molar-refractivity contribution in [1.82, 2.24) is 0 Å². The van der Waals surface area contributed by atoms with E-state index in [2.05, 4.69) is 19.9 Å². The zero-order valence-electron chi connectivity index (χ0n) is 5.78. The van der Waals surface area contributed by atoms with Crippen LogP contribution in [0.15, 0.2) is 11.6 Å². The van der Waals surface area contributed by atoms with Crippen molar-refractivity contribution in [2.45, 2.75) is 33.1 Å². The van der Waals surface area contributed by atoms with Crippen molar-refractivity contribution < 1.29 is 0 Å². The van der Waals surface area contributed by atoms with E-state index in [4.69, 9.17) is 0 Å². The summed E-state index contributed by atoms with van der Waals surface area (Å²) in [5, 5.41) is 0. The van der Waals surface area contributed by atoms with Crippen molar-refractivity contribution in [2.75, 3.05) is 0 Å². The maximum absolute atomic E-state index is 2.32. The molecule has 0 unspecified atom stereocenters. The fourth-order valence-corrected chi connectivity index (χ4v) is 1.47. The molecule has 0 saturated heterocycles.